The minimum Gasteiger partial charge on any atom is -0.345 e. The van der Waals surface area contributed by atoms with Crippen LogP contribution in [0.15, 0.2) is 82.2 Å². The number of sulfonamides is 1. The highest BCUT2D eigenvalue weighted by Crippen LogP contribution is 2.54. The SMILES string of the molecule is CCN1CCN(S(=O)(=O)c2ccc(Cl)c(C(=O)NC(c3ccccc3)C3CC3c3cccc(Br)c3)c2)CC1. The number of carbonyl (C=O) groups excluding carboxylic acids is 1. The quantitative estimate of drug-likeness (QED) is 0.352. The van der Waals surface area contributed by atoms with Gasteiger partial charge in [-0.15, -0.1) is 0 Å². The second-order valence-electron chi connectivity index (χ2n) is 9.90. The van der Waals surface area contributed by atoms with Gasteiger partial charge in [0.2, 0.25) is 10.0 Å². The molecule has 200 valence electrons. The van der Waals surface area contributed by atoms with Crippen LogP contribution in [0.4, 0.5) is 0 Å². The van der Waals surface area contributed by atoms with E-state index in [2.05, 4.69) is 45.2 Å². The molecular formula is C29H31BrClN3O3S. The van der Waals surface area contributed by atoms with Gasteiger partial charge in [-0.2, -0.15) is 4.31 Å². The van der Waals surface area contributed by atoms with E-state index < -0.39 is 10.0 Å². The Bertz CT molecular complexity index is 1410. The maximum absolute atomic E-state index is 13.6. The van der Waals surface area contributed by atoms with Crippen LogP contribution in [0.25, 0.3) is 0 Å². The smallest absolute Gasteiger partial charge is 0.253 e. The summed E-state index contributed by atoms with van der Waals surface area (Å²) >= 11 is 10.0. The van der Waals surface area contributed by atoms with Gasteiger partial charge in [0.05, 0.1) is 21.5 Å². The van der Waals surface area contributed by atoms with Crippen LogP contribution in [0.3, 0.4) is 0 Å². The molecule has 1 aliphatic carbocycles. The van der Waals surface area contributed by atoms with Crippen LogP contribution in [-0.4, -0.2) is 56.3 Å². The topological polar surface area (TPSA) is 69.7 Å². The van der Waals surface area contributed by atoms with Crippen molar-refractivity contribution in [2.45, 2.75) is 30.2 Å². The number of carbonyl (C=O) groups is 1. The Morgan fingerprint density at radius 2 is 1.76 bits per heavy atom. The zero-order valence-corrected chi connectivity index (χ0v) is 24.3. The van der Waals surface area contributed by atoms with Gasteiger partial charge >= 0.3 is 0 Å². The van der Waals surface area contributed by atoms with Gasteiger partial charge in [-0.1, -0.05) is 76.9 Å². The third-order valence-electron chi connectivity index (χ3n) is 7.59. The van der Waals surface area contributed by atoms with E-state index in [9.17, 15) is 13.2 Å². The summed E-state index contributed by atoms with van der Waals surface area (Å²) in [6.07, 6.45) is 0.947. The number of halogens is 2. The zero-order valence-electron chi connectivity index (χ0n) is 21.2. The molecule has 0 radical (unpaired) electrons. The molecule has 1 heterocycles. The first kappa shape index (κ1) is 27.3. The summed E-state index contributed by atoms with van der Waals surface area (Å²) in [5.74, 6) is 0.162. The molecule has 3 atom stereocenters. The number of nitrogens with zero attached hydrogens (tertiary/aromatic N) is 2. The summed E-state index contributed by atoms with van der Waals surface area (Å²) < 4.78 is 29.3. The summed E-state index contributed by atoms with van der Waals surface area (Å²) in [7, 11) is -3.74. The van der Waals surface area contributed by atoms with E-state index in [1.54, 1.807) is 0 Å². The molecule has 0 spiro atoms. The third-order valence-corrected chi connectivity index (χ3v) is 10.3. The van der Waals surface area contributed by atoms with Crippen LogP contribution in [0.1, 0.15) is 46.8 Å². The van der Waals surface area contributed by atoms with Crippen molar-refractivity contribution < 1.29 is 13.2 Å². The van der Waals surface area contributed by atoms with Crippen molar-refractivity contribution in [3.63, 3.8) is 0 Å². The van der Waals surface area contributed by atoms with Crippen molar-refractivity contribution in [1.82, 2.24) is 14.5 Å². The van der Waals surface area contributed by atoms with E-state index in [-0.39, 0.29) is 33.3 Å². The molecule has 1 aliphatic heterocycles. The van der Waals surface area contributed by atoms with Crippen molar-refractivity contribution in [2.24, 2.45) is 5.92 Å². The summed E-state index contributed by atoms with van der Waals surface area (Å²) in [6.45, 7) is 5.20. The Morgan fingerprint density at radius 3 is 2.45 bits per heavy atom. The fourth-order valence-corrected chi connectivity index (χ4v) is 7.36. The van der Waals surface area contributed by atoms with Gasteiger partial charge < -0.3 is 10.2 Å². The van der Waals surface area contributed by atoms with Gasteiger partial charge in [0.1, 0.15) is 0 Å². The molecule has 2 fully saturated rings. The lowest BCUT2D eigenvalue weighted by Gasteiger charge is -2.33. The van der Waals surface area contributed by atoms with E-state index in [1.165, 1.54) is 28.1 Å². The predicted octanol–water partition coefficient (Wildman–Crippen LogP) is 5.70. The van der Waals surface area contributed by atoms with E-state index in [0.29, 0.717) is 32.1 Å². The van der Waals surface area contributed by atoms with Crippen molar-refractivity contribution in [3.05, 3.63) is 99.0 Å². The van der Waals surface area contributed by atoms with Crippen molar-refractivity contribution >= 4 is 43.5 Å². The number of rotatable bonds is 8. The molecule has 1 N–H and O–H groups in total. The molecule has 0 bridgehead atoms. The Labute approximate surface area is 238 Å². The molecule has 3 aromatic carbocycles. The van der Waals surface area contributed by atoms with Crippen LogP contribution in [0.2, 0.25) is 5.02 Å². The first-order valence-corrected chi connectivity index (χ1v) is 15.5. The standard InChI is InChI=1S/C29H31BrClN3O3S/c1-2-33-13-15-34(16-14-33)38(36,37)23-11-12-27(31)26(18-23)29(35)32-28(20-7-4-3-5-8-20)25-19-24(25)21-9-6-10-22(30)17-21/h3-12,17-18,24-25,28H,2,13-16,19H2,1H3,(H,32,35). The number of hydrogen-bond donors (Lipinski definition) is 1. The Kier molecular flexibility index (Phi) is 8.26. The predicted molar refractivity (Wildman–Crippen MR) is 154 cm³/mol. The number of amides is 1. The highest BCUT2D eigenvalue weighted by molar-refractivity contribution is 9.10. The fraction of sp³-hybridized carbons (Fsp3) is 0.345. The molecule has 9 heteroatoms. The number of nitrogens with one attached hydrogen (secondary N) is 1. The maximum Gasteiger partial charge on any atom is 0.253 e. The second kappa shape index (κ2) is 11.5. The first-order chi connectivity index (χ1) is 18.3. The van der Waals surface area contributed by atoms with Crippen LogP contribution in [0.5, 0.6) is 0 Å². The van der Waals surface area contributed by atoms with Gasteiger partial charge in [0, 0.05) is 30.7 Å². The number of benzene rings is 3. The summed E-state index contributed by atoms with van der Waals surface area (Å²) in [4.78, 5) is 15.9. The molecule has 1 saturated heterocycles. The minimum absolute atomic E-state index is 0.0895. The van der Waals surface area contributed by atoms with Crippen molar-refractivity contribution in [1.29, 1.82) is 0 Å². The van der Waals surface area contributed by atoms with Crippen molar-refractivity contribution in [3.8, 4) is 0 Å². The molecule has 5 rings (SSSR count). The molecule has 3 aromatic rings. The molecule has 2 aliphatic rings. The number of hydrogen-bond acceptors (Lipinski definition) is 4. The molecule has 1 amide bonds. The molecule has 38 heavy (non-hydrogen) atoms. The average Bonchev–Trinajstić information content (AvgIpc) is 3.73. The highest BCUT2D eigenvalue weighted by Gasteiger charge is 2.45. The van der Waals surface area contributed by atoms with Gasteiger partial charge in [-0.3, -0.25) is 4.79 Å². The molecule has 0 aromatic heterocycles. The van der Waals surface area contributed by atoms with Crippen LogP contribution in [-0.2, 0) is 10.0 Å². The van der Waals surface area contributed by atoms with Crippen LogP contribution < -0.4 is 5.32 Å². The van der Waals surface area contributed by atoms with Gasteiger partial charge in [0.15, 0.2) is 0 Å². The average molecular weight is 617 g/mol. The minimum atomic E-state index is -3.74. The van der Waals surface area contributed by atoms with Crippen molar-refractivity contribution in [2.75, 3.05) is 32.7 Å². The molecule has 6 nitrogen and oxygen atoms in total. The van der Waals surface area contributed by atoms with Gasteiger partial charge in [-0.05, 0) is 66.3 Å². The Hall–Kier alpha value is -2.23. The largest absolute Gasteiger partial charge is 0.345 e. The molecule has 3 unspecified atom stereocenters. The fourth-order valence-electron chi connectivity index (χ4n) is 5.29. The summed E-state index contributed by atoms with van der Waals surface area (Å²) in [5, 5.41) is 3.41. The van der Waals surface area contributed by atoms with E-state index in [0.717, 1.165) is 23.0 Å². The van der Waals surface area contributed by atoms with E-state index in [1.807, 2.05) is 42.5 Å². The lowest BCUT2D eigenvalue weighted by Crippen LogP contribution is -2.48. The summed E-state index contributed by atoms with van der Waals surface area (Å²) in [5.41, 5.74) is 2.41. The van der Waals surface area contributed by atoms with Crippen LogP contribution >= 0.6 is 27.5 Å². The molecular weight excluding hydrogens is 586 g/mol. The maximum atomic E-state index is 13.6. The van der Waals surface area contributed by atoms with E-state index >= 15 is 0 Å². The molecule has 1 saturated carbocycles. The number of piperazine rings is 1. The van der Waals surface area contributed by atoms with E-state index in [4.69, 9.17) is 11.6 Å². The number of likely N-dealkylation sites (N-methyl/N-ethyl adjacent to an activating group) is 1. The lowest BCUT2D eigenvalue weighted by molar-refractivity contribution is 0.0931. The Balaban J connectivity index is 1.38. The van der Waals surface area contributed by atoms with Gasteiger partial charge in [-0.25, -0.2) is 8.42 Å². The van der Waals surface area contributed by atoms with Gasteiger partial charge in [0.25, 0.3) is 5.91 Å². The van der Waals surface area contributed by atoms with Crippen LogP contribution in [0, 0.1) is 5.92 Å². The third kappa shape index (κ3) is 5.84. The second-order valence-corrected chi connectivity index (χ2v) is 13.2. The lowest BCUT2D eigenvalue weighted by atomic mass is 9.98. The monoisotopic (exact) mass is 615 g/mol. The summed E-state index contributed by atoms with van der Waals surface area (Å²) in [6, 6.07) is 22.3. The first-order valence-electron chi connectivity index (χ1n) is 12.9. The normalized spacial score (nSPS) is 21.1. The highest BCUT2D eigenvalue weighted by atomic mass is 79.9. The Morgan fingerprint density at radius 1 is 1.03 bits per heavy atom. The zero-order chi connectivity index (χ0) is 26.9.